The largest absolute Gasteiger partial charge is 0.309 e. The molecule has 7 aromatic carbocycles. The normalized spacial score (nSPS) is 11.1. The Morgan fingerprint density at radius 3 is 1.60 bits per heavy atom. The van der Waals surface area contributed by atoms with Gasteiger partial charge in [0.25, 0.3) is 0 Å². The van der Waals surface area contributed by atoms with Crippen LogP contribution in [-0.2, 0) is 0 Å². The molecule has 0 saturated carbocycles. The SMILES string of the molecule is N#Cc1cc(C#N)c(-c2ccc(-c3cccc(-n4c5ccccc5c5ccccc54)c3)cc2)c(-n2c3ccccc3c3cc(C#N)ccc32)c1. The summed E-state index contributed by atoms with van der Waals surface area (Å²) in [4.78, 5) is 0. The number of fused-ring (bicyclic) bond motifs is 6. The van der Waals surface area contributed by atoms with Gasteiger partial charge in [-0.05, 0) is 77.4 Å². The average Bonchev–Trinajstić information content (AvgIpc) is 3.70. The van der Waals surface area contributed by atoms with Crippen LogP contribution in [0, 0.1) is 34.0 Å². The van der Waals surface area contributed by atoms with Gasteiger partial charge in [-0.15, -0.1) is 0 Å². The second-order valence-electron chi connectivity index (χ2n) is 12.3. The van der Waals surface area contributed by atoms with Crippen LogP contribution in [0.25, 0.3) is 77.2 Å². The van der Waals surface area contributed by atoms with Gasteiger partial charge in [-0.1, -0.05) is 91.0 Å². The van der Waals surface area contributed by atoms with Gasteiger partial charge in [0, 0.05) is 32.8 Å². The van der Waals surface area contributed by atoms with Crippen molar-refractivity contribution in [2.75, 3.05) is 0 Å². The van der Waals surface area contributed by atoms with Crippen LogP contribution in [0.4, 0.5) is 0 Å². The maximum Gasteiger partial charge on any atom is 0.0999 e. The van der Waals surface area contributed by atoms with E-state index in [0.717, 1.165) is 66.5 Å². The minimum absolute atomic E-state index is 0.401. The van der Waals surface area contributed by atoms with Crippen LogP contribution in [0.3, 0.4) is 0 Å². The molecule has 0 aliphatic heterocycles. The molecule has 0 saturated heterocycles. The van der Waals surface area contributed by atoms with E-state index in [2.05, 4.69) is 124 Å². The van der Waals surface area contributed by atoms with E-state index in [0.29, 0.717) is 16.7 Å². The van der Waals surface area contributed by atoms with Crippen molar-refractivity contribution in [3.63, 3.8) is 0 Å². The third kappa shape index (κ3) is 4.38. The first kappa shape index (κ1) is 28.8. The minimum Gasteiger partial charge on any atom is -0.309 e. The molecule has 9 aromatic rings. The first-order chi connectivity index (χ1) is 24.7. The molecule has 9 rings (SSSR count). The topological polar surface area (TPSA) is 81.2 Å². The van der Waals surface area contributed by atoms with Crippen LogP contribution in [0.15, 0.2) is 152 Å². The van der Waals surface area contributed by atoms with Crippen molar-refractivity contribution in [2.45, 2.75) is 0 Å². The molecule has 230 valence electrons. The molecule has 2 aromatic heterocycles. The van der Waals surface area contributed by atoms with Gasteiger partial charge in [-0.2, -0.15) is 15.8 Å². The molecule has 5 nitrogen and oxygen atoms in total. The van der Waals surface area contributed by atoms with Gasteiger partial charge in [-0.25, -0.2) is 0 Å². The van der Waals surface area contributed by atoms with Crippen molar-refractivity contribution < 1.29 is 0 Å². The van der Waals surface area contributed by atoms with Gasteiger partial charge in [0.1, 0.15) is 0 Å². The molecule has 0 aliphatic rings. The fraction of sp³-hybridized carbons (Fsp3) is 0. The van der Waals surface area contributed by atoms with Crippen LogP contribution in [0.5, 0.6) is 0 Å². The molecule has 0 bridgehead atoms. The van der Waals surface area contributed by atoms with Crippen LogP contribution >= 0.6 is 0 Å². The monoisotopic (exact) mass is 635 g/mol. The van der Waals surface area contributed by atoms with Gasteiger partial charge in [0.2, 0.25) is 0 Å². The van der Waals surface area contributed by atoms with E-state index in [1.165, 1.54) is 10.8 Å². The Labute approximate surface area is 287 Å². The molecule has 0 atom stereocenters. The number of nitriles is 3. The van der Waals surface area contributed by atoms with E-state index < -0.39 is 0 Å². The summed E-state index contributed by atoms with van der Waals surface area (Å²) in [5.74, 6) is 0. The maximum absolute atomic E-state index is 10.4. The van der Waals surface area contributed by atoms with Gasteiger partial charge in [0.15, 0.2) is 0 Å². The molecule has 5 heteroatoms. The number of benzene rings is 7. The highest BCUT2D eigenvalue weighted by molar-refractivity contribution is 6.11. The van der Waals surface area contributed by atoms with Crippen molar-refractivity contribution in [1.29, 1.82) is 15.8 Å². The summed E-state index contributed by atoms with van der Waals surface area (Å²) in [6.45, 7) is 0. The second kappa shape index (κ2) is 11.4. The lowest BCUT2D eigenvalue weighted by molar-refractivity contribution is 1.17. The summed E-state index contributed by atoms with van der Waals surface area (Å²) >= 11 is 0. The van der Waals surface area contributed by atoms with Crippen LogP contribution < -0.4 is 0 Å². The first-order valence-electron chi connectivity index (χ1n) is 16.3. The summed E-state index contributed by atoms with van der Waals surface area (Å²) in [5, 5.41) is 34.4. The van der Waals surface area contributed by atoms with Crippen molar-refractivity contribution in [1.82, 2.24) is 9.13 Å². The van der Waals surface area contributed by atoms with E-state index in [1.54, 1.807) is 12.1 Å². The van der Waals surface area contributed by atoms with E-state index in [-0.39, 0.29) is 0 Å². The third-order valence-corrected chi connectivity index (χ3v) is 9.60. The number of nitrogens with zero attached hydrogens (tertiary/aromatic N) is 5. The molecule has 0 radical (unpaired) electrons. The summed E-state index contributed by atoms with van der Waals surface area (Å²) in [6.07, 6.45) is 0. The predicted octanol–water partition coefficient (Wildman–Crippen LogP) is 10.8. The van der Waals surface area contributed by atoms with Crippen LogP contribution in [0.2, 0.25) is 0 Å². The third-order valence-electron chi connectivity index (χ3n) is 9.60. The van der Waals surface area contributed by atoms with Gasteiger partial charge >= 0.3 is 0 Å². The molecule has 2 heterocycles. The molecule has 0 amide bonds. The second-order valence-corrected chi connectivity index (χ2v) is 12.3. The average molecular weight is 636 g/mol. The number of aromatic nitrogens is 2. The number of para-hydroxylation sites is 3. The summed E-state index contributed by atoms with van der Waals surface area (Å²) < 4.78 is 4.42. The smallest absolute Gasteiger partial charge is 0.0999 e. The molecule has 0 spiro atoms. The highest BCUT2D eigenvalue weighted by Gasteiger charge is 2.20. The van der Waals surface area contributed by atoms with Crippen molar-refractivity contribution in [3.05, 3.63) is 168 Å². The fourth-order valence-electron chi connectivity index (χ4n) is 7.42. The standard InChI is InChI=1S/C45H25N5/c46-26-29-16-21-43-39(23-29)38-12-3-6-15-42(38)50(43)44-24-30(27-47)22-34(28-48)45(44)32-19-17-31(18-20-32)33-8-7-9-35(25-33)49-40-13-4-1-10-36(40)37-11-2-5-14-41(37)49/h1-25H. The Morgan fingerprint density at radius 1 is 0.380 bits per heavy atom. The van der Waals surface area contributed by atoms with Crippen molar-refractivity contribution in [2.24, 2.45) is 0 Å². The molecule has 0 aliphatic carbocycles. The summed E-state index contributed by atoms with van der Waals surface area (Å²) in [7, 11) is 0. The molecular formula is C45H25N5. The minimum atomic E-state index is 0.401. The van der Waals surface area contributed by atoms with Gasteiger partial charge in [-0.3, -0.25) is 0 Å². The van der Waals surface area contributed by atoms with E-state index in [4.69, 9.17) is 0 Å². The molecule has 0 unspecified atom stereocenters. The number of rotatable bonds is 4. The summed E-state index contributed by atoms with van der Waals surface area (Å²) in [5.41, 5.74) is 11.1. The van der Waals surface area contributed by atoms with Crippen molar-refractivity contribution >= 4 is 43.6 Å². The Hall–Kier alpha value is -7.39. The lowest BCUT2D eigenvalue weighted by atomic mass is 9.94. The predicted molar refractivity (Wildman–Crippen MR) is 200 cm³/mol. The van der Waals surface area contributed by atoms with Crippen LogP contribution in [-0.4, -0.2) is 9.13 Å². The Kier molecular flexibility index (Phi) is 6.56. The molecule has 0 N–H and O–H groups in total. The lowest BCUT2D eigenvalue weighted by Crippen LogP contribution is -2.01. The van der Waals surface area contributed by atoms with Gasteiger partial charge < -0.3 is 9.13 Å². The van der Waals surface area contributed by atoms with Crippen LogP contribution in [0.1, 0.15) is 16.7 Å². The van der Waals surface area contributed by atoms with E-state index in [1.807, 2.05) is 42.5 Å². The Balaban J connectivity index is 1.20. The zero-order valence-electron chi connectivity index (χ0n) is 26.7. The molecule has 50 heavy (non-hydrogen) atoms. The number of hydrogen-bond acceptors (Lipinski definition) is 3. The lowest BCUT2D eigenvalue weighted by Gasteiger charge is -2.17. The maximum atomic E-state index is 10.4. The summed E-state index contributed by atoms with van der Waals surface area (Å²) in [6, 6.07) is 57.9. The van der Waals surface area contributed by atoms with Gasteiger partial charge in [0.05, 0.1) is 62.7 Å². The quantitative estimate of drug-likeness (QED) is 0.193. The Bertz CT molecular complexity index is 2900. The number of hydrogen-bond donors (Lipinski definition) is 0. The molecular weight excluding hydrogens is 611 g/mol. The highest BCUT2D eigenvalue weighted by Crippen LogP contribution is 2.40. The zero-order chi connectivity index (χ0) is 33.8. The fourth-order valence-corrected chi connectivity index (χ4v) is 7.42. The zero-order valence-corrected chi connectivity index (χ0v) is 26.7. The Morgan fingerprint density at radius 2 is 0.960 bits per heavy atom. The molecule has 0 fully saturated rings. The highest BCUT2D eigenvalue weighted by atomic mass is 15.0. The van der Waals surface area contributed by atoms with E-state index in [9.17, 15) is 15.8 Å². The van der Waals surface area contributed by atoms with E-state index >= 15 is 0 Å². The van der Waals surface area contributed by atoms with Crippen molar-refractivity contribution in [3.8, 4) is 51.8 Å². The first-order valence-corrected chi connectivity index (χ1v) is 16.3.